The van der Waals surface area contributed by atoms with Gasteiger partial charge >= 0.3 is 0 Å². The molecule has 0 radical (unpaired) electrons. The Morgan fingerprint density at radius 1 is 0.738 bits per heavy atom. The number of nitrogens with two attached hydrogens (primary N) is 1. The lowest BCUT2D eigenvalue weighted by Crippen LogP contribution is -2.34. The summed E-state index contributed by atoms with van der Waals surface area (Å²) in [6.45, 7) is 0. The molecule has 2 aromatic heterocycles. The normalized spacial score (nSPS) is 31.9. The van der Waals surface area contributed by atoms with E-state index in [9.17, 15) is 0 Å². The van der Waals surface area contributed by atoms with Crippen LogP contribution in [0, 0.1) is 17.3 Å². The minimum Gasteiger partial charge on any atom is -0.341 e. The van der Waals surface area contributed by atoms with Gasteiger partial charge in [-0.2, -0.15) is 0 Å². The summed E-state index contributed by atoms with van der Waals surface area (Å²) in [5.74, 6) is 10.1. The van der Waals surface area contributed by atoms with E-state index in [1.54, 1.807) is 11.1 Å². The van der Waals surface area contributed by atoms with Gasteiger partial charge in [-0.05, 0) is 96.4 Å². The molecule has 4 unspecified atom stereocenters. The van der Waals surface area contributed by atoms with Gasteiger partial charge < -0.3 is 15.3 Å². The van der Waals surface area contributed by atoms with E-state index >= 15 is 0 Å². The fourth-order valence-electron chi connectivity index (χ4n) is 9.32. The molecule has 1 spiro atoms. The van der Waals surface area contributed by atoms with Gasteiger partial charge in [0.15, 0.2) is 0 Å². The third-order valence-electron chi connectivity index (χ3n) is 11.9. The highest BCUT2D eigenvalue weighted by atomic mass is 15.5. The number of aromatic amines is 2. The highest BCUT2D eigenvalue weighted by molar-refractivity contribution is 5.78. The van der Waals surface area contributed by atoms with Crippen molar-refractivity contribution in [3.63, 3.8) is 0 Å². The van der Waals surface area contributed by atoms with Crippen molar-refractivity contribution in [2.45, 2.75) is 88.4 Å². The molecule has 5 fully saturated rings. The maximum Gasteiger partial charge on any atom is 0.125 e. The van der Waals surface area contributed by atoms with Gasteiger partial charge in [0.1, 0.15) is 11.6 Å². The van der Waals surface area contributed by atoms with Crippen molar-refractivity contribution in [3.8, 4) is 33.6 Å². The van der Waals surface area contributed by atoms with Crippen LogP contribution in [0.4, 0.5) is 0 Å². The second-order valence-electron chi connectivity index (χ2n) is 14.4. The van der Waals surface area contributed by atoms with E-state index in [0.717, 1.165) is 41.6 Å². The molecule has 2 aromatic carbocycles. The van der Waals surface area contributed by atoms with Crippen molar-refractivity contribution in [2.75, 3.05) is 0 Å². The molecular weight excluding hydrogens is 518 g/mol. The summed E-state index contributed by atoms with van der Waals surface area (Å²) in [4.78, 5) is 16.9. The molecule has 0 bridgehead atoms. The van der Waals surface area contributed by atoms with Gasteiger partial charge in [-0.3, -0.25) is 5.84 Å². The Bertz CT molecular complexity index is 1680. The van der Waals surface area contributed by atoms with Crippen molar-refractivity contribution in [2.24, 2.45) is 23.1 Å². The van der Waals surface area contributed by atoms with Crippen molar-refractivity contribution in [1.29, 1.82) is 0 Å². The van der Waals surface area contributed by atoms with Crippen molar-refractivity contribution >= 4 is 0 Å². The van der Waals surface area contributed by atoms with Crippen LogP contribution in [0.3, 0.4) is 0 Å². The minimum absolute atomic E-state index is 0.219. The van der Waals surface area contributed by atoms with Crippen molar-refractivity contribution in [1.82, 2.24) is 30.3 Å². The number of fused-ring (bicyclic) bond motifs is 3. The number of hydrogen-bond donors (Lipinski definition) is 4. The predicted octanol–water partition coefficient (Wildman–Crippen LogP) is 6.22. The van der Waals surface area contributed by atoms with Gasteiger partial charge in [-0.15, -0.1) is 0 Å². The third kappa shape index (κ3) is 3.69. The van der Waals surface area contributed by atoms with Gasteiger partial charge in [0.05, 0.1) is 35.9 Å². The molecule has 42 heavy (non-hydrogen) atoms. The van der Waals surface area contributed by atoms with Gasteiger partial charge in [0.25, 0.3) is 0 Å². The van der Waals surface area contributed by atoms with Crippen LogP contribution in [0.15, 0.2) is 48.8 Å². The predicted molar refractivity (Wildman–Crippen MR) is 163 cm³/mol. The van der Waals surface area contributed by atoms with E-state index in [0.29, 0.717) is 17.5 Å². The molecule has 10 rings (SSSR count). The van der Waals surface area contributed by atoms with E-state index in [1.165, 1.54) is 85.7 Å². The zero-order valence-corrected chi connectivity index (χ0v) is 24.1. The first-order valence-electron chi connectivity index (χ1n) is 16.3. The number of piperidine rings is 2. The van der Waals surface area contributed by atoms with Gasteiger partial charge in [0.2, 0.25) is 0 Å². The second kappa shape index (κ2) is 8.65. The summed E-state index contributed by atoms with van der Waals surface area (Å²) in [5, 5.41) is 5.78. The van der Waals surface area contributed by atoms with Gasteiger partial charge in [0, 0.05) is 17.6 Å². The minimum atomic E-state index is 0.219. The molecule has 2 aliphatic heterocycles. The molecule has 6 atom stereocenters. The highest BCUT2D eigenvalue weighted by Gasteiger charge is 2.52. The quantitative estimate of drug-likeness (QED) is 0.218. The number of hydrogen-bond acceptors (Lipinski definition) is 5. The van der Waals surface area contributed by atoms with Crippen molar-refractivity contribution < 1.29 is 0 Å². The average Bonchev–Trinajstić information content (AvgIpc) is 3.50. The molecule has 214 valence electrons. The number of H-pyrrole nitrogens is 2. The van der Waals surface area contributed by atoms with Gasteiger partial charge in [-0.1, -0.05) is 49.2 Å². The first-order valence-corrected chi connectivity index (χ1v) is 16.3. The largest absolute Gasteiger partial charge is 0.341 e. The summed E-state index contributed by atoms with van der Waals surface area (Å²) in [7, 11) is 0. The van der Waals surface area contributed by atoms with E-state index in [2.05, 4.69) is 57.9 Å². The SMILES string of the molecule is NN1C2CC2C[C@H]1c1ncc(-c2ccc(-c3ccc(-c4cnc([C@@H]5CC6CC6N5)[nH]4)c4c3CC3(CCCC3)C4)cc2)[nH]1. The molecule has 4 aromatic rings. The highest BCUT2D eigenvalue weighted by Crippen LogP contribution is 2.54. The Balaban J connectivity index is 0.965. The van der Waals surface area contributed by atoms with Crippen LogP contribution in [0.1, 0.15) is 86.2 Å². The fourth-order valence-corrected chi connectivity index (χ4v) is 9.32. The molecule has 4 heterocycles. The Morgan fingerprint density at radius 2 is 1.45 bits per heavy atom. The first kappa shape index (κ1) is 24.2. The molecule has 6 aliphatic rings. The Labute approximate surface area is 246 Å². The Hall–Kier alpha value is -3.26. The van der Waals surface area contributed by atoms with E-state index < -0.39 is 0 Å². The second-order valence-corrected chi connectivity index (χ2v) is 14.4. The summed E-state index contributed by atoms with van der Waals surface area (Å²) >= 11 is 0. The standard InChI is InChI=1S/C35H39N7/c36-42-31-13-22(31)14-32(42)34-38-17-29(40-34)20-5-3-19(4-6-20)23-7-8-24(26-16-35(15-25(23)26)9-1-2-10-35)30-18-37-33(41-30)28-12-21-11-27(21)39-28/h3-8,17-18,21-22,27-28,31-32,39H,1-2,9-16,36H2,(H,37,41)(H,38,40)/t21?,22?,27?,28-,31?,32-/m0/s1. The average molecular weight is 558 g/mol. The number of aromatic nitrogens is 4. The number of nitrogens with one attached hydrogen (secondary N) is 3. The van der Waals surface area contributed by atoms with Crippen LogP contribution >= 0.6 is 0 Å². The number of nitrogens with zero attached hydrogens (tertiary/aromatic N) is 3. The number of hydrazine groups is 1. The van der Waals surface area contributed by atoms with E-state index in [1.807, 2.05) is 11.2 Å². The summed E-state index contributed by atoms with van der Waals surface area (Å²) < 4.78 is 0. The third-order valence-corrected chi connectivity index (χ3v) is 11.9. The molecule has 4 aliphatic carbocycles. The van der Waals surface area contributed by atoms with Crippen LogP contribution in [-0.2, 0) is 12.8 Å². The molecule has 5 N–H and O–H groups in total. The first-order chi connectivity index (χ1) is 20.6. The monoisotopic (exact) mass is 557 g/mol. The Kier molecular flexibility index (Phi) is 4.99. The van der Waals surface area contributed by atoms with Crippen LogP contribution < -0.4 is 11.2 Å². The van der Waals surface area contributed by atoms with Crippen LogP contribution in [-0.4, -0.2) is 37.0 Å². The smallest absolute Gasteiger partial charge is 0.125 e. The fraction of sp³-hybridized carbons (Fsp3) is 0.486. The van der Waals surface area contributed by atoms with Crippen molar-refractivity contribution in [3.05, 3.63) is 71.6 Å². The topological polar surface area (TPSA) is 98.6 Å². The van der Waals surface area contributed by atoms with E-state index in [-0.39, 0.29) is 6.04 Å². The van der Waals surface area contributed by atoms with Crippen LogP contribution in [0.2, 0.25) is 0 Å². The lowest BCUT2D eigenvalue weighted by Gasteiger charge is -2.22. The number of rotatable bonds is 5. The maximum atomic E-state index is 6.36. The Morgan fingerprint density at radius 3 is 2.21 bits per heavy atom. The van der Waals surface area contributed by atoms with Crippen LogP contribution in [0.25, 0.3) is 33.6 Å². The molecule has 2 saturated heterocycles. The molecule has 3 saturated carbocycles. The summed E-state index contributed by atoms with van der Waals surface area (Å²) in [6.07, 6.45) is 16.8. The summed E-state index contributed by atoms with van der Waals surface area (Å²) in [5.41, 5.74) is 11.0. The molecule has 7 nitrogen and oxygen atoms in total. The number of imidazole rings is 2. The number of benzene rings is 2. The zero-order chi connectivity index (χ0) is 27.6. The van der Waals surface area contributed by atoms with Gasteiger partial charge in [-0.25, -0.2) is 15.0 Å². The summed E-state index contributed by atoms with van der Waals surface area (Å²) in [6, 6.07) is 15.7. The van der Waals surface area contributed by atoms with Crippen LogP contribution in [0.5, 0.6) is 0 Å². The van der Waals surface area contributed by atoms with E-state index in [4.69, 9.17) is 15.8 Å². The lowest BCUT2D eigenvalue weighted by atomic mass is 9.82. The lowest BCUT2D eigenvalue weighted by molar-refractivity contribution is 0.218. The maximum absolute atomic E-state index is 6.36. The molecular formula is C35H39N7. The molecule has 7 heteroatoms. The zero-order valence-electron chi connectivity index (χ0n) is 24.1. The molecule has 0 amide bonds.